The molecule has 0 aromatic heterocycles. The minimum Gasteiger partial charge on any atom is -0.491 e. The fraction of sp³-hybridized carbons (Fsp3) is 0.200. The van der Waals surface area contributed by atoms with Crippen molar-refractivity contribution in [2.24, 2.45) is 0 Å². The zero-order valence-corrected chi connectivity index (χ0v) is 13.4. The Labute approximate surface area is 134 Å². The SMILES string of the molecule is O=[N+]([O-])c1ccc(Br)c(OCC2CSc3ccccc32)c1. The molecule has 0 radical (unpaired) electrons. The highest BCUT2D eigenvalue weighted by Crippen LogP contribution is 2.40. The van der Waals surface area contributed by atoms with Gasteiger partial charge in [0.2, 0.25) is 0 Å². The van der Waals surface area contributed by atoms with Crippen LogP contribution in [0.25, 0.3) is 0 Å². The third-order valence-electron chi connectivity index (χ3n) is 3.36. The molecule has 0 fully saturated rings. The van der Waals surface area contributed by atoms with Crippen molar-refractivity contribution in [1.29, 1.82) is 0 Å². The molecule has 1 atom stereocenters. The van der Waals surface area contributed by atoms with E-state index in [0.717, 1.165) is 10.2 Å². The first-order valence-corrected chi connectivity index (χ1v) is 8.21. The van der Waals surface area contributed by atoms with Crippen LogP contribution in [0.15, 0.2) is 51.8 Å². The van der Waals surface area contributed by atoms with Crippen molar-refractivity contribution < 1.29 is 9.66 Å². The summed E-state index contributed by atoms with van der Waals surface area (Å²) in [6, 6.07) is 12.9. The van der Waals surface area contributed by atoms with Crippen LogP contribution in [0.1, 0.15) is 11.5 Å². The molecule has 2 aromatic rings. The number of non-ortho nitro benzene ring substituents is 1. The summed E-state index contributed by atoms with van der Waals surface area (Å²) in [6.07, 6.45) is 0. The zero-order valence-electron chi connectivity index (χ0n) is 11.0. The van der Waals surface area contributed by atoms with Crippen LogP contribution >= 0.6 is 27.7 Å². The molecule has 108 valence electrons. The number of nitro benzene ring substituents is 1. The van der Waals surface area contributed by atoms with Gasteiger partial charge < -0.3 is 4.74 Å². The second kappa shape index (κ2) is 6.07. The molecule has 6 heteroatoms. The van der Waals surface area contributed by atoms with Gasteiger partial charge in [-0.05, 0) is 33.6 Å². The molecule has 1 aliphatic heterocycles. The van der Waals surface area contributed by atoms with Crippen LogP contribution in [0.3, 0.4) is 0 Å². The average molecular weight is 366 g/mol. The van der Waals surface area contributed by atoms with E-state index in [4.69, 9.17) is 4.74 Å². The standard InChI is InChI=1S/C15H12BrNO3S/c16-13-6-5-11(17(18)19)7-14(13)20-8-10-9-21-15-4-2-1-3-12(10)15/h1-7,10H,8-9H2. The first-order valence-electron chi connectivity index (χ1n) is 6.43. The van der Waals surface area contributed by atoms with Gasteiger partial charge in [0.1, 0.15) is 5.75 Å². The summed E-state index contributed by atoms with van der Waals surface area (Å²) in [5.74, 6) is 1.81. The molecule has 1 heterocycles. The van der Waals surface area contributed by atoms with Crippen molar-refractivity contribution in [3.63, 3.8) is 0 Å². The van der Waals surface area contributed by atoms with Gasteiger partial charge in [-0.3, -0.25) is 10.1 Å². The fourth-order valence-corrected chi connectivity index (χ4v) is 3.87. The second-order valence-corrected chi connectivity index (χ2v) is 6.64. The largest absolute Gasteiger partial charge is 0.491 e. The average Bonchev–Trinajstić information content (AvgIpc) is 2.89. The van der Waals surface area contributed by atoms with Crippen LogP contribution in [0.2, 0.25) is 0 Å². The van der Waals surface area contributed by atoms with E-state index in [-0.39, 0.29) is 5.69 Å². The zero-order chi connectivity index (χ0) is 14.8. The number of benzene rings is 2. The van der Waals surface area contributed by atoms with Crippen LogP contribution in [0, 0.1) is 10.1 Å². The first-order chi connectivity index (χ1) is 10.1. The third-order valence-corrected chi connectivity index (χ3v) is 5.27. The number of rotatable bonds is 4. The monoisotopic (exact) mass is 365 g/mol. The molecule has 0 aliphatic carbocycles. The number of halogens is 1. The van der Waals surface area contributed by atoms with Gasteiger partial charge in [0.15, 0.2) is 0 Å². The van der Waals surface area contributed by atoms with Crippen LogP contribution < -0.4 is 4.74 Å². The Morgan fingerprint density at radius 2 is 2.14 bits per heavy atom. The van der Waals surface area contributed by atoms with Crippen LogP contribution in [0.4, 0.5) is 5.69 Å². The third kappa shape index (κ3) is 3.06. The predicted octanol–water partition coefficient (Wildman–Crippen LogP) is 4.63. The van der Waals surface area contributed by atoms with E-state index in [1.54, 1.807) is 6.07 Å². The topological polar surface area (TPSA) is 52.4 Å². The summed E-state index contributed by atoms with van der Waals surface area (Å²) in [7, 11) is 0. The van der Waals surface area contributed by atoms with Crippen molar-refractivity contribution in [2.45, 2.75) is 10.8 Å². The van der Waals surface area contributed by atoms with Gasteiger partial charge in [-0.1, -0.05) is 18.2 Å². The normalized spacial score (nSPS) is 16.5. The maximum Gasteiger partial charge on any atom is 0.273 e. The number of fused-ring (bicyclic) bond motifs is 1. The number of nitrogens with zero attached hydrogens (tertiary/aromatic N) is 1. The number of hydrogen-bond acceptors (Lipinski definition) is 4. The number of hydrogen-bond donors (Lipinski definition) is 0. The molecular formula is C15H12BrNO3S. The smallest absolute Gasteiger partial charge is 0.273 e. The Bertz CT molecular complexity index is 692. The van der Waals surface area contributed by atoms with Crippen LogP contribution in [-0.2, 0) is 0 Å². The molecule has 1 aliphatic rings. The molecule has 4 nitrogen and oxygen atoms in total. The minimum atomic E-state index is -0.417. The van der Waals surface area contributed by atoms with Crippen molar-refractivity contribution >= 4 is 33.4 Å². The van der Waals surface area contributed by atoms with E-state index in [1.165, 1.54) is 22.6 Å². The van der Waals surface area contributed by atoms with Crippen LogP contribution in [0.5, 0.6) is 5.75 Å². The summed E-state index contributed by atoms with van der Waals surface area (Å²) >= 11 is 5.19. The van der Waals surface area contributed by atoms with Gasteiger partial charge in [0, 0.05) is 22.6 Å². The highest BCUT2D eigenvalue weighted by molar-refractivity contribution is 9.10. The predicted molar refractivity (Wildman–Crippen MR) is 86.2 cm³/mol. The highest BCUT2D eigenvalue weighted by Gasteiger charge is 2.23. The molecule has 0 amide bonds. The fourth-order valence-electron chi connectivity index (χ4n) is 2.27. The Kier molecular flexibility index (Phi) is 4.17. The molecule has 3 rings (SSSR count). The van der Waals surface area contributed by atoms with Gasteiger partial charge >= 0.3 is 0 Å². The molecule has 1 unspecified atom stereocenters. The first kappa shape index (κ1) is 14.4. The van der Waals surface area contributed by atoms with Gasteiger partial charge in [-0.25, -0.2) is 0 Å². The Hall–Kier alpha value is -1.53. The Balaban J connectivity index is 1.74. The van der Waals surface area contributed by atoms with E-state index < -0.39 is 4.92 Å². The van der Waals surface area contributed by atoms with E-state index in [9.17, 15) is 10.1 Å². The lowest BCUT2D eigenvalue weighted by Crippen LogP contribution is -2.10. The lowest BCUT2D eigenvalue weighted by Gasteiger charge is -2.13. The summed E-state index contributed by atoms with van der Waals surface area (Å²) in [6.45, 7) is 0.518. The van der Waals surface area contributed by atoms with Crippen LogP contribution in [-0.4, -0.2) is 17.3 Å². The van der Waals surface area contributed by atoms with Gasteiger partial charge in [0.05, 0.1) is 22.1 Å². The van der Waals surface area contributed by atoms with Gasteiger partial charge in [-0.2, -0.15) is 0 Å². The molecule has 21 heavy (non-hydrogen) atoms. The van der Waals surface area contributed by atoms with E-state index in [0.29, 0.717) is 18.3 Å². The van der Waals surface area contributed by atoms with Crippen molar-refractivity contribution in [3.05, 3.63) is 62.6 Å². The van der Waals surface area contributed by atoms with Gasteiger partial charge in [-0.15, -0.1) is 11.8 Å². The van der Waals surface area contributed by atoms with E-state index in [1.807, 2.05) is 23.9 Å². The highest BCUT2D eigenvalue weighted by atomic mass is 79.9. The molecule has 0 saturated heterocycles. The molecular weight excluding hydrogens is 354 g/mol. The summed E-state index contributed by atoms with van der Waals surface area (Å²) in [4.78, 5) is 11.7. The van der Waals surface area contributed by atoms with Crippen molar-refractivity contribution in [3.8, 4) is 5.75 Å². The minimum absolute atomic E-state index is 0.0365. The summed E-state index contributed by atoms with van der Waals surface area (Å²) in [5.41, 5.74) is 1.33. The van der Waals surface area contributed by atoms with Crippen molar-refractivity contribution in [2.75, 3.05) is 12.4 Å². The van der Waals surface area contributed by atoms with E-state index >= 15 is 0 Å². The maximum absolute atomic E-state index is 10.8. The molecule has 0 N–H and O–H groups in total. The Morgan fingerprint density at radius 1 is 1.33 bits per heavy atom. The maximum atomic E-state index is 10.8. The lowest BCUT2D eigenvalue weighted by molar-refractivity contribution is -0.385. The number of thioether (sulfide) groups is 1. The summed E-state index contributed by atoms with van der Waals surface area (Å²) < 4.78 is 6.53. The number of nitro groups is 1. The van der Waals surface area contributed by atoms with Crippen molar-refractivity contribution in [1.82, 2.24) is 0 Å². The summed E-state index contributed by atoms with van der Waals surface area (Å²) in [5, 5.41) is 10.8. The molecule has 0 spiro atoms. The molecule has 0 saturated carbocycles. The molecule has 0 bridgehead atoms. The van der Waals surface area contributed by atoms with E-state index in [2.05, 4.69) is 28.1 Å². The quantitative estimate of drug-likeness (QED) is 0.585. The molecule has 2 aromatic carbocycles. The number of ether oxygens (including phenoxy) is 1. The lowest BCUT2D eigenvalue weighted by atomic mass is 10.0. The Morgan fingerprint density at radius 3 is 2.95 bits per heavy atom. The second-order valence-electron chi connectivity index (χ2n) is 4.73. The van der Waals surface area contributed by atoms with Gasteiger partial charge in [0.25, 0.3) is 5.69 Å².